The second kappa shape index (κ2) is 9.11. The number of nitrogens with zero attached hydrogens (tertiary/aromatic N) is 2. The molecule has 8 nitrogen and oxygen atoms in total. The molecular formula is C23H19N3O5S. The molecular weight excluding hydrogens is 430 g/mol. The zero-order valence-corrected chi connectivity index (χ0v) is 17.9. The molecule has 1 aliphatic heterocycles. The zero-order valence-electron chi connectivity index (χ0n) is 17.1. The Hall–Kier alpha value is -3.85. The van der Waals surface area contributed by atoms with Gasteiger partial charge in [-0.05, 0) is 48.0 Å². The monoisotopic (exact) mass is 449 g/mol. The van der Waals surface area contributed by atoms with E-state index >= 15 is 0 Å². The van der Waals surface area contributed by atoms with E-state index in [4.69, 9.17) is 4.74 Å². The van der Waals surface area contributed by atoms with Crippen LogP contribution in [-0.4, -0.2) is 29.6 Å². The average molecular weight is 449 g/mol. The van der Waals surface area contributed by atoms with Crippen LogP contribution < -0.4 is 15.0 Å². The van der Waals surface area contributed by atoms with E-state index in [1.807, 2.05) is 36.4 Å². The van der Waals surface area contributed by atoms with Crippen LogP contribution in [0.25, 0.3) is 0 Å². The summed E-state index contributed by atoms with van der Waals surface area (Å²) < 4.78 is 5.19. The summed E-state index contributed by atoms with van der Waals surface area (Å²) in [6.07, 6.45) is 0. The largest absolute Gasteiger partial charge is 0.497 e. The van der Waals surface area contributed by atoms with Crippen LogP contribution >= 0.6 is 11.8 Å². The lowest BCUT2D eigenvalue weighted by Crippen LogP contribution is -2.27. The minimum absolute atomic E-state index is 0.0215. The summed E-state index contributed by atoms with van der Waals surface area (Å²) >= 11 is 1.53. The third kappa shape index (κ3) is 4.42. The normalized spacial score (nSPS) is 15.5. The first kappa shape index (κ1) is 21.4. The molecule has 1 heterocycles. The molecule has 0 aliphatic carbocycles. The van der Waals surface area contributed by atoms with Gasteiger partial charge in [0.05, 0.1) is 17.8 Å². The Morgan fingerprint density at radius 2 is 1.84 bits per heavy atom. The van der Waals surface area contributed by atoms with Crippen molar-refractivity contribution in [1.29, 1.82) is 0 Å². The van der Waals surface area contributed by atoms with Crippen LogP contribution in [0.4, 0.5) is 17.1 Å². The molecule has 1 N–H and O–H groups in total. The second-order valence-corrected chi connectivity index (χ2v) is 8.08. The van der Waals surface area contributed by atoms with Crippen LogP contribution in [0, 0.1) is 10.1 Å². The first-order chi connectivity index (χ1) is 15.5. The number of hydrogen-bond acceptors (Lipinski definition) is 6. The zero-order chi connectivity index (χ0) is 22.7. The number of methoxy groups -OCH3 is 1. The lowest BCUT2D eigenvalue weighted by molar-refractivity contribution is -0.384. The molecule has 1 saturated heterocycles. The van der Waals surface area contributed by atoms with Gasteiger partial charge < -0.3 is 10.1 Å². The van der Waals surface area contributed by atoms with E-state index in [2.05, 4.69) is 5.32 Å². The van der Waals surface area contributed by atoms with E-state index in [1.165, 1.54) is 36.0 Å². The fourth-order valence-corrected chi connectivity index (χ4v) is 4.57. The SMILES string of the molecule is COc1ccc(N2C(=O)CS[C@@H]2c2ccc(NC(=O)c3cccc([N+](=O)[O-])c3)cc2)cc1. The van der Waals surface area contributed by atoms with Crippen LogP contribution in [0.2, 0.25) is 0 Å². The summed E-state index contributed by atoms with van der Waals surface area (Å²) in [4.78, 5) is 37.1. The number of carbonyl (C=O) groups is 2. The van der Waals surface area contributed by atoms with Crippen LogP contribution in [0.3, 0.4) is 0 Å². The maximum absolute atomic E-state index is 12.5. The number of anilines is 2. The lowest BCUT2D eigenvalue weighted by Gasteiger charge is -2.24. The Balaban J connectivity index is 1.50. The number of non-ortho nitro benzene ring substituents is 1. The Bertz CT molecular complexity index is 1170. The van der Waals surface area contributed by atoms with Crippen molar-refractivity contribution in [2.75, 3.05) is 23.1 Å². The van der Waals surface area contributed by atoms with Crippen molar-refractivity contribution in [2.45, 2.75) is 5.37 Å². The van der Waals surface area contributed by atoms with Crippen molar-refractivity contribution in [3.63, 3.8) is 0 Å². The number of rotatable bonds is 6. The van der Waals surface area contributed by atoms with Crippen LogP contribution in [0.1, 0.15) is 21.3 Å². The quantitative estimate of drug-likeness (QED) is 0.435. The highest BCUT2D eigenvalue weighted by atomic mass is 32.2. The lowest BCUT2D eigenvalue weighted by atomic mass is 10.1. The van der Waals surface area contributed by atoms with Crippen LogP contribution in [0.15, 0.2) is 72.8 Å². The number of benzene rings is 3. The van der Waals surface area contributed by atoms with Gasteiger partial charge in [0.2, 0.25) is 5.91 Å². The van der Waals surface area contributed by atoms with Crippen molar-refractivity contribution in [3.05, 3.63) is 94.0 Å². The molecule has 0 unspecified atom stereocenters. The molecule has 3 aromatic carbocycles. The van der Waals surface area contributed by atoms with Crippen LogP contribution in [-0.2, 0) is 4.79 Å². The standard InChI is InChI=1S/C23H19N3O5S/c1-31-20-11-9-18(10-12-20)25-21(27)14-32-23(25)15-5-7-17(8-6-15)24-22(28)16-3-2-4-19(13-16)26(29)30/h2-13,23H,14H2,1H3,(H,24,28)/t23-/m1/s1. The number of ether oxygens (including phenoxy) is 1. The summed E-state index contributed by atoms with van der Waals surface area (Å²) in [6, 6.07) is 20.1. The number of nitrogens with one attached hydrogen (secondary N) is 1. The number of hydrogen-bond donors (Lipinski definition) is 1. The molecule has 0 spiro atoms. The first-order valence-electron chi connectivity index (χ1n) is 9.70. The van der Waals surface area contributed by atoms with Gasteiger partial charge in [-0.1, -0.05) is 18.2 Å². The predicted octanol–water partition coefficient (Wildman–Crippen LogP) is 4.63. The minimum Gasteiger partial charge on any atom is -0.497 e. The van der Waals surface area contributed by atoms with Gasteiger partial charge in [0, 0.05) is 29.1 Å². The van der Waals surface area contributed by atoms with E-state index in [0.717, 1.165) is 11.3 Å². The maximum atomic E-state index is 12.5. The summed E-state index contributed by atoms with van der Waals surface area (Å²) in [5.41, 5.74) is 2.31. The molecule has 4 rings (SSSR count). The summed E-state index contributed by atoms with van der Waals surface area (Å²) in [5, 5.41) is 13.5. The Morgan fingerprint density at radius 3 is 2.50 bits per heavy atom. The highest BCUT2D eigenvalue weighted by Gasteiger charge is 2.34. The van der Waals surface area contributed by atoms with E-state index in [1.54, 1.807) is 24.1 Å². The van der Waals surface area contributed by atoms with Crippen LogP contribution in [0.5, 0.6) is 5.75 Å². The molecule has 2 amide bonds. The van der Waals surface area contributed by atoms with Gasteiger partial charge in [-0.3, -0.25) is 24.6 Å². The Morgan fingerprint density at radius 1 is 1.12 bits per heavy atom. The Kier molecular flexibility index (Phi) is 6.09. The molecule has 1 atom stereocenters. The molecule has 0 bridgehead atoms. The van der Waals surface area contributed by atoms with Gasteiger partial charge in [0.1, 0.15) is 11.1 Å². The van der Waals surface area contributed by atoms with Gasteiger partial charge >= 0.3 is 0 Å². The van der Waals surface area contributed by atoms with Crippen molar-refractivity contribution < 1.29 is 19.2 Å². The average Bonchev–Trinajstić information content (AvgIpc) is 3.21. The molecule has 32 heavy (non-hydrogen) atoms. The van der Waals surface area contributed by atoms with E-state index < -0.39 is 10.8 Å². The number of nitro groups is 1. The maximum Gasteiger partial charge on any atom is 0.270 e. The molecule has 1 fully saturated rings. The molecule has 1 aliphatic rings. The van der Waals surface area contributed by atoms with E-state index in [0.29, 0.717) is 17.2 Å². The molecule has 0 saturated carbocycles. The smallest absolute Gasteiger partial charge is 0.270 e. The highest BCUT2D eigenvalue weighted by Crippen LogP contribution is 2.42. The van der Waals surface area contributed by atoms with Gasteiger partial charge in [-0.25, -0.2) is 0 Å². The Labute approximate surface area is 188 Å². The van der Waals surface area contributed by atoms with Gasteiger partial charge in [-0.15, -0.1) is 11.8 Å². The number of amides is 2. The predicted molar refractivity (Wildman–Crippen MR) is 123 cm³/mol. The van der Waals surface area contributed by atoms with Crippen molar-refractivity contribution in [1.82, 2.24) is 0 Å². The number of nitro benzene ring substituents is 1. The molecule has 0 aromatic heterocycles. The third-order valence-electron chi connectivity index (χ3n) is 4.99. The fraction of sp³-hybridized carbons (Fsp3) is 0.130. The van der Waals surface area contributed by atoms with Gasteiger partial charge in [-0.2, -0.15) is 0 Å². The third-order valence-corrected chi connectivity index (χ3v) is 6.20. The number of thioether (sulfide) groups is 1. The molecule has 162 valence electrons. The van der Waals surface area contributed by atoms with E-state index in [9.17, 15) is 19.7 Å². The summed E-state index contributed by atoms with van der Waals surface area (Å²) in [5.74, 6) is 0.676. The summed E-state index contributed by atoms with van der Waals surface area (Å²) in [7, 11) is 1.59. The van der Waals surface area contributed by atoms with Crippen molar-refractivity contribution in [3.8, 4) is 5.75 Å². The number of carbonyl (C=O) groups excluding carboxylic acids is 2. The van der Waals surface area contributed by atoms with Gasteiger partial charge in [0.25, 0.3) is 11.6 Å². The van der Waals surface area contributed by atoms with Crippen molar-refractivity contribution >= 4 is 40.6 Å². The van der Waals surface area contributed by atoms with Gasteiger partial charge in [0.15, 0.2) is 0 Å². The first-order valence-corrected chi connectivity index (χ1v) is 10.7. The van der Waals surface area contributed by atoms with Crippen molar-refractivity contribution in [2.24, 2.45) is 0 Å². The molecule has 9 heteroatoms. The fourth-order valence-electron chi connectivity index (χ4n) is 3.39. The summed E-state index contributed by atoms with van der Waals surface area (Å²) in [6.45, 7) is 0. The topological polar surface area (TPSA) is 102 Å². The highest BCUT2D eigenvalue weighted by molar-refractivity contribution is 8.00. The van der Waals surface area contributed by atoms with E-state index in [-0.39, 0.29) is 22.5 Å². The molecule has 0 radical (unpaired) electrons. The second-order valence-electron chi connectivity index (χ2n) is 7.01. The molecule has 3 aromatic rings. The minimum atomic E-state index is -0.541.